The van der Waals surface area contributed by atoms with E-state index in [2.05, 4.69) is 11.4 Å². The van der Waals surface area contributed by atoms with Gasteiger partial charge < -0.3 is 10.1 Å². The minimum atomic E-state index is -0.557. The molecule has 1 aliphatic carbocycles. The van der Waals surface area contributed by atoms with Crippen molar-refractivity contribution in [2.45, 2.75) is 45.3 Å². The van der Waals surface area contributed by atoms with Crippen molar-refractivity contribution in [3.8, 4) is 6.07 Å². The topological polar surface area (TPSA) is 62.1 Å². The molecule has 1 fully saturated rings. The van der Waals surface area contributed by atoms with E-state index >= 15 is 0 Å². The van der Waals surface area contributed by atoms with Crippen LogP contribution in [0.1, 0.15) is 33.1 Å². The lowest BCUT2D eigenvalue weighted by Gasteiger charge is -2.22. The number of nitriles is 1. The number of amides is 1. The summed E-state index contributed by atoms with van der Waals surface area (Å²) >= 11 is 0. The zero-order chi connectivity index (χ0) is 12.1. The second kappa shape index (κ2) is 5.86. The molecular weight excluding hydrogens is 204 g/mol. The van der Waals surface area contributed by atoms with E-state index in [4.69, 9.17) is 10.00 Å². The minimum absolute atomic E-state index is 0.0485. The fourth-order valence-corrected chi connectivity index (χ4v) is 2.16. The number of nitrogens with zero attached hydrogens (tertiary/aromatic N) is 1. The maximum atomic E-state index is 11.8. The molecule has 0 aliphatic heterocycles. The molecule has 0 heterocycles. The Bertz CT molecular complexity index is 283. The molecule has 4 heteroatoms. The molecule has 0 saturated heterocycles. The van der Waals surface area contributed by atoms with Gasteiger partial charge in [-0.2, -0.15) is 5.26 Å². The molecule has 3 atom stereocenters. The molecule has 1 saturated carbocycles. The molecule has 0 aromatic heterocycles. The first-order valence-electron chi connectivity index (χ1n) is 5.83. The number of hydrogen-bond acceptors (Lipinski definition) is 3. The number of nitrogens with one attached hydrogen (secondary N) is 1. The highest BCUT2D eigenvalue weighted by Gasteiger charge is 2.31. The van der Waals surface area contributed by atoms with Crippen LogP contribution >= 0.6 is 0 Å². The number of methoxy groups -OCH3 is 1. The predicted octanol–water partition coefficient (Wildman–Crippen LogP) is 1.47. The molecule has 4 nitrogen and oxygen atoms in total. The van der Waals surface area contributed by atoms with Crippen LogP contribution in [0.3, 0.4) is 0 Å². The number of carbonyl (C=O) groups excluding carboxylic acids is 1. The second-order valence-electron chi connectivity index (χ2n) is 4.67. The summed E-state index contributed by atoms with van der Waals surface area (Å²) in [5, 5.41) is 11.8. The van der Waals surface area contributed by atoms with Crippen molar-refractivity contribution >= 4 is 5.91 Å². The molecule has 16 heavy (non-hydrogen) atoms. The Morgan fingerprint density at radius 3 is 2.69 bits per heavy atom. The molecule has 0 bridgehead atoms. The maximum absolute atomic E-state index is 11.8. The van der Waals surface area contributed by atoms with Gasteiger partial charge in [-0.25, -0.2) is 0 Å². The van der Waals surface area contributed by atoms with Gasteiger partial charge in [0.15, 0.2) is 0 Å². The van der Waals surface area contributed by atoms with E-state index in [0.717, 1.165) is 19.3 Å². The fraction of sp³-hybridized carbons (Fsp3) is 0.833. The average Bonchev–Trinajstić information content (AvgIpc) is 2.65. The third kappa shape index (κ3) is 2.96. The van der Waals surface area contributed by atoms with Crippen LogP contribution in [-0.4, -0.2) is 25.2 Å². The summed E-state index contributed by atoms with van der Waals surface area (Å²) < 4.78 is 5.30. The van der Waals surface area contributed by atoms with Crippen molar-refractivity contribution in [1.29, 1.82) is 5.26 Å². The van der Waals surface area contributed by atoms with E-state index in [1.54, 1.807) is 7.11 Å². The van der Waals surface area contributed by atoms with E-state index in [0.29, 0.717) is 0 Å². The average molecular weight is 224 g/mol. The summed E-state index contributed by atoms with van der Waals surface area (Å²) in [5.74, 6) is -0.669. The number of carbonyl (C=O) groups is 1. The molecule has 1 rings (SSSR count). The third-order valence-corrected chi connectivity index (χ3v) is 3.17. The van der Waals surface area contributed by atoms with Crippen molar-refractivity contribution in [3.63, 3.8) is 0 Å². The Balaban J connectivity index is 2.53. The maximum Gasteiger partial charge on any atom is 0.237 e. The smallest absolute Gasteiger partial charge is 0.237 e. The Labute approximate surface area is 97.0 Å². The molecule has 3 unspecified atom stereocenters. The Hall–Kier alpha value is -1.08. The summed E-state index contributed by atoms with van der Waals surface area (Å²) in [6.07, 6.45) is 3.11. The number of ether oxygens (including phenoxy) is 1. The van der Waals surface area contributed by atoms with Crippen LogP contribution in [0.2, 0.25) is 0 Å². The lowest BCUT2D eigenvalue weighted by atomic mass is 9.96. The highest BCUT2D eigenvalue weighted by Crippen LogP contribution is 2.22. The van der Waals surface area contributed by atoms with Gasteiger partial charge in [-0.3, -0.25) is 4.79 Å². The van der Waals surface area contributed by atoms with Crippen LogP contribution in [0.4, 0.5) is 0 Å². The van der Waals surface area contributed by atoms with E-state index in [1.165, 1.54) is 0 Å². The Morgan fingerprint density at radius 2 is 2.19 bits per heavy atom. The quantitative estimate of drug-likeness (QED) is 0.786. The molecule has 0 aromatic carbocycles. The van der Waals surface area contributed by atoms with Crippen LogP contribution in [0.15, 0.2) is 0 Å². The number of rotatable bonds is 4. The molecule has 90 valence electrons. The van der Waals surface area contributed by atoms with E-state index < -0.39 is 5.92 Å². The first-order valence-corrected chi connectivity index (χ1v) is 5.83. The molecule has 0 radical (unpaired) electrons. The largest absolute Gasteiger partial charge is 0.379 e. The van der Waals surface area contributed by atoms with E-state index in [9.17, 15) is 4.79 Å². The normalized spacial score (nSPS) is 26.4. The summed E-state index contributed by atoms with van der Waals surface area (Å²) in [6.45, 7) is 3.77. The van der Waals surface area contributed by atoms with E-state index in [1.807, 2.05) is 13.8 Å². The summed E-state index contributed by atoms with van der Waals surface area (Å²) in [5.41, 5.74) is 0. The fourth-order valence-electron chi connectivity index (χ4n) is 2.16. The molecular formula is C12H20N2O2. The standard InChI is InChI=1S/C12H20N2O2/c1-8(2)9(7-13)12(15)14-10-5-4-6-11(10)16-3/h8-11H,4-6H2,1-3H3,(H,14,15). The van der Waals surface area contributed by atoms with Crippen molar-refractivity contribution in [1.82, 2.24) is 5.32 Å². The first-order chi connectivity index (χ1) is 7.60. The Morgan fingerprint density at radius 1 is 1.50 bits per heavy atom. The van der Waals surface area contributed by atoms with Crippen LogP contribution in [-0.2, 0) is 9.53 Å². The van der Waals surface area contributed by atoms with Crippen molar-refractivity contribution < 1.29 is 9.53 Å². The zero-order valence-corrected chi connectivity index (χ0v) is 10.2. The molecule has 0 aromatic rings. The van der Waals surface area contributed by atoms with Crippen molar-refractivity contribution in [3.05, 3.63) is 0 Å². The third-order valence-electron chi connectivity index (χ3n) is 3.17. The summed E-state index contributed by atoms with van der Waals surface area (Å²) in [7, 11) is 1.67. The lowest BCUT2D eigenvalue weighted by molar-refractivity contribution is -0.125. The minimum Gasteiger partial charge on any atom is -0.379 e. The van der Waals surface area contributed by atoms with Crippen LogP contribution in [0, 0.1) is 23.2 Å². The highest BCUT2D eigenvalue weighted by molar-refractivity contribution is 5.81. The molecule has 0 spiro atoms. The highest BCUT2D eigenvalue weighted by atomic mass is 16.5. The Kier molecular flexibility index (Phi) is 4.75. The SMILES string of the molecule is COC1CCCC1NC(=O)C(C#N)C(C)C. The van der Waals surface area contributed by atoms with Gasteiger partial charge in [0, 0.05) is 7.11 Å². The van der Waals surface area contributed by atoms with E-state index in [-0.39, 0.29) is 24.0 Å². The van der Waals surface area contributed by atoms with Gasteiger partial charge in [0.1, 0.15) is 5.92 Å². The summed E-state index contributed by atoms with van der Waals surface area (Å²) in [6, 6.07) is 2.13. The monoisotopic (exact) mass is 224 g/mol. The molecule has 1 amide bonds. The zero-order valence-electron chi connectivity index (χ0n) is 10.2. The molecule has 1 aliphatic rings. The molecule has 1 N–H and O–H groups in total. The number of hydrogen-bond donors (Lipinski definition) is 1. The van der Waals surface area contributed by atoms with Crippen LogP contribution < -0.4 is 5.32 Å². The van der Waals surface area contributed by atoms with Gasteiger partial charge in [-0.1, -0.05) is 13.8 Å². The van der Waals surface area contributed by atoms with Crippen molar-refractivity contribution in [2.75, 3.05) is 7.11 Å². The van der Waals surface area contributed by atoms with Gasteiger partial charge in [0.05, 0.1) is 18.2 Å². The first kappa shape index (κ1) is 13.0. The predicted molar refractivity (Wildman–Crippen MR) is 60.5 cm³/mol. The van der Waals surface area contributed by atoms with Gasteiger partial charge in [-0.05, 0) is 25.2 Å². The van der Waals surface area contributed by atoms with Gasteiger partial charge in [-0.15, -0.1) is 0 Å². The van der Waals surface area contributed by atoms with Gasteiger partial charge >= 0.3 is 0 Å². The summed E-state index contributed by atoms with van der Waals surface area (Å²) in [4.78, 5) is 11.8. The lowest BCUT2D eigenvalue weighted by Crippen LogP contribution is -2.44. The van der Waals surface area contributed by atoms with Crippen LogP contribution in [0.5, 0.6) is 0 Å². The van der Waals surface area contributed by atoms with Gasteiger partial charge in [0.2, 0.25) is 5.91 Å². The second-order valence-corrected chi connectivity index (χ2v) is 4.67. The van der Waals surface area contributed by atoms with Crippen LogP contribution in [0.25, 0.3) is 0 Å². The van der Waals surface area contributed by atoms with Gasteiger partial charge in [0.25, 0.3) is 0 Å². The van der Waals surface area contributed by atoms with Crippen molar-refractivity contribution in [2.24, 2.45) is 11.8 Å².